The minimum absolute atomic E-state index is 0.0338. The summed E-state index contributed by atoms with van der Waals surface area (Å²) >= 11 is 0. The van der Waals surface area contributed by atoms with Gasteiger partial charge >= 0.3 is 0 Å². The second kappa shape index (κ2) is 6.49. The molecular formula is C8H15NO. The van der Waals surface area contributed by atoms with Gasteiger partial charge in [-0.3, -0.25) is 0 Å². The predicted molar refractivity (Wildman–Crippen MR) is 42.7 cm³/mol. The van der Waals surface area contributed by atoms with Gasteiger partial charge in [-0.05, 0) is 19.4 Å². The van der Waals surface area contributed by atoms with Gasteiger partial charge in [0.25, 0.3) is 0 Å². The molecule has 10 heavy (non-hydrogen) atoms. The molecule has 0 rings (SSSR count). The Kier molecular flexibility index (Phi) is 6.08. The zero-order valence-electron chi connectivity index (χ0n) is 6.25. The van der Waals surface area contributed by atoms with Gasteiger partial charge in [0, 0.05) is 5.92 Å². The Balaban J connectivity index is 3.25. The van der Waals surface area contributed by atoms with Gasteiger partial charge in [-0.25, -0.2) is 0 Å². The number of carbonyl (C=O) groups excluding carboxylic acids is 1. The summed E-state index contributed by atoms with van der Waals surface area (Å²) in [5, 5.41) is 0. The van der Waals surface area contributed by atoms with Crippen LogP contribution in [0, 0.1) is 5.92 Å². The summed E-state index contributed by atoms with van der Waals surface area (Å²) in [6.07, 6.45) is 5.53. The number of aldehydes is 1. The van der Waals surface area contributed by atoms with Gasteiger partial charge in [0.2, 0.25) is 0 Å². The summed E-state index contributed by atoms with van der Waals surface area (Å²) in [6, 6.07) is 0. The SMILES string of the molecule is C=CC(C=O)CCCCN. The third-order valence-corrected chi connectivity index (χ3v) is 1.47. The molecular weight excluding hydrogens is 126 g/mol. The first kappa shape index (κ1) is 9.37. The van der Waals surface area contributed by atoms with E-state index in [1.165, 1.54) is 0 Å². The normalized spacial score (nSPS) is 12.5. The smallest absolute Gasteiger partial charge is 0.126 e. The first-order chi connectivity index (χ1) is 4.85. The summed E-state index contributed by atoms with van der Waals surface area (Å²) in [6.45, 7) is 4.26. The molecule has 0 fully saturated rings. The molecule has 1 atom stereocenters. The minimum Gasteiger partial charge on any atom is -0.330 e. The predicted octanol–water partition coefficient (Wildman–Crippen LogP) is 1.12. The maximum Gasteiger partial charge on any atom is 0.126 e. The van der Waals surface area contributed by atoms with Crippen molar-refractivity contribution < 1.29 is 4.79 Å². The van der Waals surface area contributed by atoms with E-state index in [4.69, 9.17) is 5.73 Å². The Bertz CT molecular complexity index is 93.4. The molecule has 0 saturated heterocycles. The van der Waals surface area contributed by atoms with Crippen molar-refractivity contribution in [2.24, 2.45) is 11.7 Å². The molecule has 1 unspecified atom stereocenters. The lowest BCUT2D eigenvalue weighted by molar-refractivity contribution is -0.110. The summed E-state index contributed by atoms with van der Waals surface area (Å²) in [4.78, 5) is 10.2. The lowest BCUT2D eigenvalue weighted by Gasteiger charge is -2.01. The third kappa shape index (κ3) is 4.27. The molecule has 0 aromatic heterocycles. The summed E-state index contributed by atoms with van der Waals surface area (Å²) in [5.74, 6) is 0.0338. The molecule has 2 heteroatoms. The highest BCUT2D eigenvalue weighted by Crippen LogP contribution is 2.05. The number of hydrogen-bond donors (Lipinski definition) is 1. The number of unbranched alkanes of at least 4 members (excludes halogenated alkanes) is 1. The minimum atomic E-state index is 0.0338. The first-order valence-electron chi connectivity index (χ1n) is 3.63. The highest BCUT2D eigenvalue weighted by molar-refractivity contribution is 5.56. The van der Waals surface area contributed by atoms with E-state index in [-0.39, 0.29) is 5.92 Å². The van der Waals surface area contributed by atoms with Crippen molar-refractivity contribution in [3.8, 4) is 0 Å². The van der Waals surface area contributed by atoms with Crippen molar-refractivity contribution in [3.63, 3.8) is 0 Å². The Morgan fingerprint density at radius 1 is 1.50 bits per heavy atom. The number of carbonyl (C=O) groups is 1. The van der Waals surface area contributed by atoms with E-state index < -0.39 is 0 Å². The van der Waals surface area contributed by atoms with Gasteiger partial charge in [-0.15, -0.1) is 6.58 Å². The fourth-order valence-corrected chi connectivity index (χ4v) is 0.766. The number of allylic oxidation sites excluding steroid dienone is 1. The molecule has 0 aliphatic carbocycles. The first-order valence-corrected chi connectivity index (χ1v) is 3.63. The van der Waals surface area contributed by atoms with E-state index in [2.05, 4.69) is 6.58 Å². The summed E-state index contributed by atoms with van der Waals surface area (Å²) in [5.41, 5.74) is 5.28. The number of rotatable bonds is 6. The van der Waals surface area contributed by atoms with Crippen LogP contribution in [0.4, 0.5) is 0 Å². The average Bonchev–Trinajstić information content (AvgIpc) is 1.99. The molecule has 0 aliphatic rings. The van der Waals surface area contributed by atoms with Gasteiger partial charge in [0.05, 0.1) is 0 Å². The quantitative estimate of drug-likeness (QED) is 0.342. The molecule has 0 bridgehead atoms. The lowest BCUT2D eigenvalue weighted by atomic mass is 10.0. The molecule has 0 spiro atoms. The Hall–Kier alpha value is -0.630. The van der Waals surface area contributed by atoms with Crippen molar-refractivity contribution in [2.75, 3.05) is 6.54 Å². The zero-order chi connectivity index (χ0) is 7.82. The molecule has 0 aliphatic heterocycles. The highest BCUT2D eigenvalue weighted by atomic mass is 16.1. The van der Waals surface area contributed by atoms with Crippen molar-refractivity contribution in [3.05, 3.63) is 12.7 Å². The monoisotopic (exact) mass is 141 g/mol. The van der Waals surface area contributed by atoms with E-state index in [1.807, 2.05) is 0 Å². The molecule has 0 aromatic carbocycles. The fraction of sp³-hybridized carbons (Fsp3) is 0.625. The van der Waals surface area contributed by atoms with Crippen LogP contribution in [0.3, 0.4) is 0 Å². The van der Waals surface area contributed by atoms with Crippen LogP contribution in [0.25, 0.3) is 0 Å². The Morgan fingerprint density at radius 2 is 2.20 bits per heavy atom. The van der Waals surface area contributed by atoms with Gasteiger partial charge in [-0.2, -0.15) is 0 Å². The molecule has 2 nitrogen and oxygen atoms in total. The van der Waals surface area contributed by atoms with E-state index >= 15 is 0 Å². The average molecular weight is 141 g/mol. The standard InChI is InChI=1S/C8H15NO/c1-2-8(7-10)5-3-4-6-9/h2,7-8H,1,3-6,9H2. The number of nitrogens with two attached hydrogens (primary N) is 1. The largest absolute Gasteiger partial charge is 0.330 e. The van der Waals surface area contributed by atoms with Crippen LogP contribution >= 0.6 is 0 Å². The van der Waals surface area contributed by atoms with Crippen LogP contribution < -0.4 is 5.73 Å². The van der Waals surface area contributed by atoms with Crippen LogP contribution in [0.5, 0.6) is 0 Å². The van der Waals surface area contributed by atoms with Crippen LogP contribution in [0.15, 0.2) is 12.7 Å². The molecule has 0 radical (unpaired) electrons. The van der Waals surface area contributed by atoms with Gasteiger partial charge in [0.15, 0.2) is 0 Å². The van der Waals surface area contributed by atoms with Crippen LogP contribution in [0.2, 0.25) is 0 Å². The maximum absolute atomic E-state index is 10.2. The highest BCUT2D eigenvalue weighted by Gasteiger charge is 1.99. The van der Waals surface area contributed by atoms with Crippen molar-refractivity contribution in [1.29, 1.82) is 0 Å². The molecule has 0 saturated carbocycles. The zero-order valence-corrected chi connectivity index (χ0v) is 6.25. The van der Waals surface area contributed by atoms with Gasteiger partial charge < -0.3 is 10.5 Å². The molecule has 0 aromatic rings. The third-order valence-electron chi connectivity index (χ3n) is 1.47. The van der Waals surface area contributed by atoms with Gasteiger partial charge in [0.1, 0.15) is 6.29 Å². The van der Waals surface area contributed by atoms with Crippen LogP contribution in [0.1, 0.15) is 19.3 Å². The van der Waals surface area contributed by atoms with Crippen LogP contribution in [-0.2, 0) is 4.79 Å². The van der Waals surface area contributed by atoms with E-state index in [9.17, 15) is 4.79 Å². The van der Waals surface area contributed by atoms with E-state index in [0.717, 1.165) is 25.5 Å². The number of hydrogen-bond acceptors (Lipinski definition) is 2. The second-order valence-electron chi connectivity index (χ2n) is 2.32. The van der Waals surface area contributed by atoms with Crippen LogP contribution in [-0.4, -0.2) is 12.8 Å². The molecule has 0 amide bonds. The van der Waals surface area contributed by atoms with Crippen molar-refractivity contribution >= 4 is 6.29 Å². The molecule has 58 valence electrons. The Labute approximate surface area is 62.1 Å². The maximum atomic E-state index is 10.2. The topological polar surface area (TPSA) is 43.1 Å². The van der Waals surface area contributed by atoms with E-state index in [1.54, 1.807) is 6.08 Å². The van der Waals surface area contributed by atoms with Gasteiger partial charge in [-0.1, -0.05) is 12.5 Å². The molecule has 0 heterocycles. The summed E-state index contributed by atoms with van der Waals surface area (Å²) < 4.78 is 0. The summed E-state index contributed by atoms with van der Waals surface area (Å²) in [7, 11) is 0. The molecule has 2 N–H and O–H groups in total. The second-order valence-corrected chi connectivity index (χ2v) is 2.32. The van der Waals surface area contributed by atoms with E-state index in [0.29, 0.717) is 6.54 Å². The lowest BCUT2D eigenvalue weighted by Crippen LogP contribution is -2.01. The van der Waals surface area contributed by atoms with Crippen molar-refractivity contribution in [1.82, 2.24) is 0 Å². The fourth-order valence-electron chi connectivity index (χ4n) is 0.766. The van der Waals surface area contributed by atoms with Crippen molar-refractivity contribution in [2.45, 2.75) is 19.3 Å². The Morgan fingerprint density at radius 3 is 2.60 bits per heavy atom.